The number of hydrogen-bond donors (Lipinski definition) is 3. The van der Waals surface area contributed by atoms with E-state index in [1.807, 2.05) is 32.3 Å². The number of nitrogens with two attached hydrogens (primary N) is 1. The molecule has 0 saturated heterocycles. The first-order valence-electron chi connectivity index (χ1n) is 11.0. The standard InChI is InChI=1S/C24H30N6O4/c1-15-9-11-26-14-17(15)21(32)29-22-28-18-13-16(20(25)31)7-8-19(18)30(22)12-6-5-10-27-23(33)34-24(2,3)4/h7-9,11,13-14H,5-6,10,12H2,1-4H3,(H2,25,31)(H,27,33)(H,28,29,32). The molecule has 10 nitrogen and oxygen atoms in total. The molecular weight excluding hydrogens is 436 g/mol. The van der Waals surface area contributed by atoms with E-state index in [9.17, 15) is 14.4 Å². The first-order valence-corrected chi connectivity index (χ1v) is 11.0. The second kappa shape index (κ2) is 10.3. The van der Waals surface area contributed by atoms with Crippen LogP contribution < -0.4 is 16.4 Å². The van der Waals surface area contributed by atoms with Crippen LogP contribution in [0.2, 0.25) is 0 Å². The Labute approximate surface area is 197 Å². The number of anilines is 1. The number of ether oxygens (including phenoxy) is 1. The van der Waals surface area contributed by atoms with Crippen LogP contribution in [0.25, 0.3) is 11.0 Å². The normalized spacial score (nSPS) is 11.3. The summed E-state index contributed by atoms with van der Waals surface area (Å²) in [6, 6.07) is 6.74. The molecule has 180 valence electrons. The van der Waals surface area contributed by atoms with Crippen LogP contribution in [-0.4, -0.2) is 44.6 Å². The highest BCUT2D eigenvalue weighted by Crippen LogP contribution is 2.23. The molecule has 0 spiro atoms. The van der Waals surface area contributed by atoms with Gasteiger partial charge in [0.05, 0.1) is 16.6 Å². The van der Waals surface area contributed by atoms with Crippen molar-refractivity contribution in [3.63, 3.8) is 0 Å². The maximum atomic E-state index is 12.9. The minimum atomic E-state index is -0.554. The number of nitrogens with one attached hydrogen (secondary N) is 2. The minimum Gasteiger partial charge on any atom is -0.444 e. The number of amides is 3. The van der Waals surface area contributed by atoms with Crippen molar-refractivity contribution in [3.05, 3.63) is 53.3 Å². The van der Waals surface area contributed by atoms with Crippen molar-refractivity contribution in [2.75, 3.05) is 11.9 Å². The zero-order chi connectivity index (χ0) is 24.9. The summed E-state index contributed by atoms with van der Waals surface area (Å²) in [6.45, 7) is 8.24. The van der Waals surface area contributed by atoms with Crippen molar-refractivity contribution < 1.29 is 19.1 Å². The number of pyridine rings is 1. The fraction of sp³-hybridized carbons (Fsp3) is 0.375. The van der Waals surface area contributed by atoms with Crippen molar-refractivity contribution >= 4 is 34.9 Å². The number of alkyl carbamates (subject to hydrolysis) is 1. The molecule has 0 bridgehead atoms. The predicted octanol–water partition coefficient (Wildman–Crippen LogP) is 3.40. The molecule has 10 heteroatoms. The van der Waals surface area contributed by atoms with Gasteiger partial charge in [-0.3, -0.25) is 19.9 Å². The van der Waals surface area contributed by atoms with Crippen LogP contribution in [0, 0.1) is 6.92 Å². The zero-order valence-electron chi connectivity index (χ0n) is 19.8. The van der Waals surface area contributed by atoms with E-state index in [0.717, 1.165) is 11.1 Å². The molecule has 0 radical (unpaired) electrons. The second-order valence-electron chi connectivity index (χ2n) is 8.94. The lowest BCUT2D eigenvalue weighted by Gasteiger charge is -2.19. The van der Waals surface area contributed by atoms with Crippen molar-refractivity contribution in [1.29, 1.82) is 0 Å². The van der Waals surface area contributed by atoms with Gasteiger partial charge in [-0.1, -0.05) is 0 Å². The lowest BCUT2D eigenvalue weighted by molar-refractivity contribution is 0.0526. The highest BCUT2D eigenvalue weighted by atomic mass is 16.6. The summed E-state index contributed by atoms with van der Waals surface area (Å²) in [5, 5.41) is 5.59. The first-order chi connectivity index (χ1) is 16.0. The van der Waals surface area contributed by atoms with Crippen LogP contribution in [0.5, 0.6) is 0 Å². The number of nitrogens with zero attached hydrogens (tertiary/aromatic N) is 3. The highest BCUT2D eigenvalue weighted by molar-refractivity contribution is 6.05. The molecule has 1 aromatic carbocycles. The third kappa shape index (κ3) is 6.31. The molecule has 0 aliphatic heterocycles. The number of rotatable bonds is 8. The molecule has 3 aromatic rings. The van der Waals surface area contributed by atoms with Crippen LogP contribution in [0.4, 0.5) is 10.7 Å². The monoisotopic (exact) mass is 466 g/mol. The third-order valence-electron chi connectivity index (χ3n) is 5.02. The summed E-state index contributed by atoms with van der Waals surface area (Å²) < 4.78 is 7.11. The van der Waals surface area contributed by atoms with Crippen LogP contribution in [-0.2, 0) is 11.3 Å². The zero-order valence-corrected chi connectivity index (χ0v) is 19.8. The van der Waals surface area contributed by atoms with E-state index in [1.54, 1.807) is 30.5 Å². The van der Waals surface area contributed by atoms with Crippen molar-refractivity contribution in [3.8, 4) is 0 Å². The molecule has 2 aromatic heterocycles. The summed E-state index contributed by atoms with van der Waals surface area (Å²) in [7, 11) is 0. The van der Waals surface area contributed by atoms with E-state index < -0.39 is 17.6 Å². The summed E-state index contributed by atoms with van der Waals surface area (Å²) in [5.74, 6) is -0.532. The van der Waals surface area contributed by atoms with E-state index in [4.69, 9.17) is 10.5 Å². The Morgan fingerprint density at radius 3 is 2.59 bits per heavy atom. The Bertz CT molecular complexity index is 1210. The van der Waals surface area contributed by atoms with E-state index in [-0.39, 0.29) is 5.91 Å². The molecule has 0 saturated carbocycles. The summed E-state index contributed by atoms with van der Waals surface area (Å²) in [6.07, 6.45) is 4.06. The van der Waals surface area contributed by atoms with Crippen LogP contribution in [0.15, 0.2) is 36.7 Å². The Kier molecular flexibility index (Phi) is 7.50. The van der Waals surface area contributed by atoms with Crippen molar-refractivity contribution in [1.82, 2.24) is 19.9 Å². The van der Waals surface area contributed by atoms with Gasteiger partial charge in [0.1, 0.15) is 5.60 Å². The van der Waals surface area contributed by atoms with Gasteiger partial charge < -0.3 is 20.4 Å². The van der Waals surface area contributed by atoms with E-state index in [2.05, 4.69) is 20.6 Å². The van der Waals surface area contributed by atoms with Gasteiger partial charge in [0.2, 0.25) is 11.9 Å². The van der Waals surface area contributed by atoms with Crippen molar-refractivity contribution in [2.45, 2.75) is 52.7 Å². The minimum absolute atomic E-state index is 0.330. The van der Waals surface area contributed by atoms with E-state index in [1.165, 1.54) is 6.20 Å². The van der Waals surface area contributed by atoms with Gasteiger partial charge in [-0.25, -0.2) is 9.78 Å². The summed E-state index contributed by atoms with van der Waals surface area (Å²) >= 11 is 0. The van der Waals surface area contributed by atoms with Gasteiger partial charge in [0.25, 0.3) is 5.91 Å². The quantitative estimate of drug-likeness (QED) is 0.435. The molecule has 0 unspecified atom stereocenters. The number of fused-ring (bicyclic) bond motifs is 1. The number of aromatic nitrogens is 3. The highest BCUT2D eigenvalue weighted by Gasteiger charge is 2.18. The fourth-order valence-electron chi connectivity index (χ4n) is 3.37. The second-order valence-corrected chi connectivity index (χ2v) is 8.94. The molecule has 0 fully saturated rings. The third-order valence-corrected chi connectivity index (χ3v) is 5.02. The fourth-order valence-corrected chi connectivity index (χ4v) is 3.37. The lowest BCUT2D eigenvalue weighted by atomic mass is 10.1. The van der Waals surface area contributed by atoms with E-state index >= 15 is 0 Å². The molecule has 0 atom stereocenters. The molecule has 0 aliphatic carbocycles. The van der Waals surface area contributed by atoms with Gasteiger partial charge in [-0.05, 0) is 70.4 Å². The largest absolute Gasteiger partial charge is 0.444 e. The number of carbonyl (C=O) groups excluding carboxylic acids is 3. The van der Waals surface area contributed by atoms with Gasteiger partial charge in [-0.2, -0.15) is 0 Å². The Balaban J connectivity index is 1.75. The van der Waals surface area contributed by atoms with Crippen molar-refractivity contribution in [2.24, 2.45) is 5.73 Å². The Hall–Kier alpha value is -3.95. The number of unbranched alkanes of at least 4 members (excludes halogenated alkanes) is 1. The number of benzene rings is 1. The summed E-state index contributed by atoms with van der Waals surface area (Å²) in [4.78, 5) is 44.8. The summed E-state index contributed by atoms with van der Waals surface area (Å²) in [5.41, 5.74) is 7.72. The number of aryl methyl sites for hydroxylation is 2. The topological polar surface area (TPSA) is 141 Å². The molecular formula is C24H30N6O4. The molecule has 4 N–H and O–H groups in total. The number of imidazole rings is 1. The molecule has 3 amide bonds. The molecule has 2 heterocycles. The Morgan fingerprint density at radius 1 is 1.15 bits per heavy atom. The smallest absolute Gasteiger partial charge is 0.407 e. The number of hydrogen-bond acceptors (Lipinski definition) is 6. The van der Waals surface area contributed by atoms with Gasteiger partial charge in [-0.15, -0.1) is 0 Å². The predicted molar refractivity (Wildman–Crippen MR) is 129 cm³/mol. The lowest BCUT2D eigenvalue weighted by Crippen LogP contribution is -2.33. The van der Waals surface area contributed by atoms with Crippen LogP contribution >= 0.6 is 0 Å². The average molecular weight is 467 g/mol. The van der Waals surface area contributed by atoms with Crippen LogP contribution in [0.1, 0.15) is 59.9 Å². The Morgan fingerprint density at radius 2 is 1.91 bits per heavy atom. The van der Waals surface area contributed by atoms with Crippen LogP contribution in [0.3, 0.4) is 0 Å². The van der Waals surface area contributed by atoms with E-state index in [0.29, 0.717) is 48.5 Å². The molecule has 3 rings (SSSR count). The SMILES string of the molecule is Cc1ccncc1C(=O)Nc1nc2cc(C(N)=O)ccc2n1CCCCNC(=O)OC(C)(C)C. The number of carbonyl (C=O) groups is 3. The maximum Gasteiger partial charge on any atom is 0.407 e. The maximum absolute atomic E-state index is 12.9. The van der Waals surface area contributed by atoms with Gasteiger partial charge in [0, 0.05) is 31.0 Å². The molecule has 34 heavy (non-hydrogen) atoms. The van der Waals surface area contributed by atoms with Gasteiger partial charge >= 0.3 is 6.09 Å². The van der Waals surface area contributed by atoms with Gasteiger partial charge in [0.15, 0.2) is 0 Å². The number of primary amides is 1. The molecule has 0 aliphatic rings. The first kappa shape index (κ1) is 24.7. The average Bonchev–Trinajstić information content (AvgIpc) is 3.08.